The third-order valence-electron chi connectivity index (χ3n) is 2.95. The number of rotatable bonds is 3. The fourth-order valence-electron chi connectivity index (χ4n) is 1.99. The first-order valence-corrected chi connectivity index (χ1v) is 6.53. The van der Waals surface area contributed by atoms with E-state index in [0.29, 0.717) is 5.56 Å². The normalized spacial score (nSPS) is 11.1. The second kappa shape index (κ2) is 5.63. The topological polar surface area (TPSA) is 66.0 Å². The number of hydrogen-bond acceptors (Lipinski definition) is 3. The fourth-order valence-corrected chi connectivity index (χ4v) is 2.18. The summed E-state index contributed by atoms with van der Waals surface area (Å²) in [4.78, 5) is 18.3. The molecule has 0 spiro atoms. The number of aromatic amines is 1. The maximum Gasteiger partial charge on any atom is 0.258 e. The van der Waals surface area contributed by atoms with Gasteiger partial charge in [-0.3, -0.25) is 4.79 Å². The van der Waals surface area contributed by atoms with Crippen LogP contribution in [0.25, 0.3) is 0 Å². The highest BCUT2D eigenvalue weighted by Crippen LogP contribution is 2.22. The van der Waals surface area contributed by atoms with Crippen molar-refractivity contribution >= 4 is 11.6 Å². The summed E-state index contributed by atoms with van der Waals surface area (Å²) >= 11 is 5.69. The van der Waals surface area contributed by atoms with Crippen LogP contribution in [0.5, 0.6) is 5.88 Å². The summed E-state index contributed by atoms with van der Waals surface area (Å²) < 4.78 is 13.8. The number of halogens is 2. The molecule has 20 heavy (non-hydrogen) atoms. The summed E-state index contributed by atoms with van der Waals surface area (Å²) in [6.07, 6.45) is 0.0492. The average molecular weight is 297 g/mol. The first-order chi connectivity index (χ1) is 9.40. The lowest BCUT2D eigenvalue weighted by molar-refractivity contribution is 0.436. The number of H-pyrrole nitrogens is 1. The largest absolute Gasteiger partial charge is 0.493 e. The van der Waals surface area contributed by atoms with E-state index in [0.717, 1.165) is 0 Å². The molecule has 0 saturated carbocycles. The van der Waals surface area contributed by atoms with Gasteiger partial charge in [0.1, 0.15) is 11.6 Å². The van der Waals surface area contributed by atoms with Crippen LogP contribution in [-0.2, 0) is 6.42 Å². The molecule has 0 aliphatic carbocycles. The van der Waals surface area contributed by atoms with E-state index in [2.05, 4.69) is 9.97 Å². The number of hydrogen-bond donors (Lipinski definition) is 2. The van der Waals surface area contributed by atoms with Crippen LogP contribution in [0, 0.1) is 5.82 Å². The van der Waals surface area contributed by atoms with E-state index in [1.165, 1.54) is 6.07 Å². The van der Waals surface area contributed by atoms with Crippen LogP contribution in [0.1, 0.15) is 36.7 Å². The molecule has 0 atom stereocenters. The van der Waals surface area contributed by atoms with Gasteiger partial charge in [-0.05, 0) is 17.5 Å². The van der Waals surface area contributed by atoms with E-state index < -0.39 is 11.4 Å². The lowest BCUT2D eigenvalue weighted by atomic mass is 10.1. The molecule has 1 aromatic heterocycles. The van der Waals surface area contributed by atoms with Crippen molar-refractivity contribution in [1.29, 1.82) is 0 Å². The van der Waals surface area contributed by atoms with Crippen LogP contribution in [0.3, 0.4) is 0 Å². The number of benzene rings is 1. The zero-order valence-corrected chi connectivity index (χ0v) is 11.8. The molecule has 106 valence electrons. The monoisotopic (exact) mass is 296 g/mol. The minimum Gasteiger partial charge on any atom is -0.493 e. The molecule has 4 nitrogen and oxygen atoms in total. The fraction of sp³-hybridized carbons (Fsp3) is 0.286. The third-order valence-corrected chi connectivity index (χ3v) is 3.24. The summed E-state index contributed by atoms with van der Waals surface area (Å²) in [5.41, 5.74) is 0.114. The van der Waals surface area contributed by atoms with Crippen LogP contribution in [0.4, 0.5) is 4.39 Å². The lowest BCUT2D eigenvalue weighted by Crippen LogP contribution is -2.18. The Hall–Kier alpha value is -1.88. The highest BCUT2D eigenvalue weighted by atomic mass is 35.5. The average Bonchev–Trinajstić information content (AvgIpc) is 2.33. The Labute approximate surface area is 120 Å². The van der Waals surface area contributed by atoms with Crippen LogP contribution in [0.2, 0.25) is 5.02 Å². The maximum absolute atomic E-state index is 13.8. The molecule has 0 fully saturated rings. The molecule has 0 amide bonds. The molecule has 0 aliphatic heterocycles. The molecular weight excluding hydrogens is 283 g/mol. The minimum atomic E-state index is -0.552. The second-order valence-electron chi connectivity index (χ2n) is 4.79. The maximum atomic E-state index is 13.8. The Morgan fingerprint density at radius 2 is 2.15 bits per heavy atom. The molecule has 1 aromatic carbocycles. The first kappa shape index (κ1) is 14.5. The highest BCUT2D eigenvalue weighted by molar-refractivity contribution is 6.30. The summed E-state index contributed by atoms with van der Waals surface area (Å²) in [7, 11) is 0. The smallest absolute Gasteiger partial charge is 0.258 e. The van der Waals surface area contributed by atoms with Gasteiger partial charge in [0.2, 0.25) is 5.88 Å². The van der Waals surface area contributed by atoms with Gasteiger partial charge in [-0.1, -0.05) is 37.6 Å². The second-order valence-corrected chi connectivity index (χ2v) is 5.20. The molecule has 0 saturated heterocycles. The predicted octanol–water partition coefficient (Wildman–Crippen LogP) is 2.98. The molecule has 0 unspecified atom stereocenters. The molecule has 0 radical (unpaired) electrons. The molecule has 2 aromatic rings. The van der Waals surface area contributed by atoms with Crippen molar-refractivity contribution in [2.24, 2.45) is 0 Å². The Bertz CT molecular complexity index is 698. The predicted molar refractivity (Wildman–Crippen MR) is 74.8 cm³/mol. The molecule has 0 bridgehead atoms. The van der Waals surface area contributed by atoms with Crippen LogP contribution >= 0.6 is 11.6 Å². The Morgan fingerprint density at radius 1 is 1.45 bits per heavy atom. The van der Waals surface area contributed by atoms with Gasteiger partial charge in [-0.15, -0.1) is 0 Å². The molecule has 1 heterocycles. The van der Waals surface area contributed by atoms with Crippen LogP contribution in [0.15, 0.2) is 23.0 Å². The van der Waals surface area contributed by atoms with Gasteiger partial charge in [0.05, 0.1) is 10.6 Å². The Balaban J connectivity index is 2.41. The van der Waals surface area contributed by atoms with Gasteiger partial charge in [-0.25, -0.2) is 4.39 Å². The van der Waals surface area contributed by atoms with E-state index in [1.54, 1.807) is 26.0 Å². The van der Waals surface area contributed by atoms with E-state index >= 15 is 0 Å². The number of nitrogens with zero attached hydrogens (tertiary/aromatic N) is 1. The zero-order chi connectivity index (χ0) is 14.9. The zero-order valence-electron chi connectivity index (χ0n) is 11.1. The van der Waals surface area contributed by atoms with E-state index in [-0.39, 0.29) is 34.6 Å². The van der Waals surface area contributed by atoms with Crippen molar-refractivity contribution in [3.05, 3.63) is 56.3 Å². The van der Waals surface area contributed by atoms with Crippen molar-refractivity contribution in [2.45, 2.75) is 26.2 Å². The summed E-state index contributed by atoms with van der Waals surface area (Å²) in [6.45, 7) is 3.56. The quantitative estimate of drug-likeness (QED) is 0.915. The summed E-state index contributed by atoms with van der Waals surface area (Å²) in [5, 5.41) is 9.80. The summed E-state index contributed by atoms with van der Waals surface area (Å²) in [5.74, 6) is -0.827. The first-order valence-electron chi connectivity index (χ1n) is 6.15. The van der Waals surface area contributed by atoms with E-state index in [9.17, 15) is 14.3 Å². The van der Waals surface area contributed by atoms with Crippen molar-refractivity contribution in [3.8, 4) is 5.88 Å². The Morgan fingerprint density at radius 3 is 2.75 bits per heavy atom. The minimum absolute atomic E-state index is 0.00729. The van der Waals surface area contributed by atoms with Crippen molar-refractivity contribution < 1.29 is 9.50 Å². The van der Waals surface area contributed by atoms with Crippen molar-refractivity contribution in [2.75, 3.05) is 0 Å². The van der Waals surface area contributed by atoms with Gasteiger partial charge in [-0.2, -0.15) is 4.98 Å². The van der Waals surface area contributed by atoms with E-state index in [4.69, 9.17) is 11.6 Å². The molecule has 2 rings (SSSR count). The number of aromatic hydroxyl groups is 1. The van der Waals surface area contributed by atoms with Gasteiger partial charge in [0, 0.05) is 6.42 Å². The van der Waals surface area contributed by atoms with Crippen LogP contribution in [-0.4, -0.2) is 15.1 Å². The van der Waals surface area contributed by atoms with Crippen molar-refractivity contribution in [3.63, 3.8) is 0 Å². The van der Waals surface area contributed by atoms with Crippen molar-refractivity contribution in [1.82, 2.24) is 9.97 Å². The molecule has 6 heteroatoms. The summed E-state index contributed by atoms with van der Waals surface area (Å²) in [6, 6.07) is 4.60. The van der Waals surface area contributed by atoms with Gasteiger partial charge in [0.25, 0.3) is 5.56 Å². The van der Waals surface area contributed by atoms with Gasteiger partial charge >= 0.3 is 0 Å². The Kier molecular flexibility index (Phi) is 4.09. The lowest BCUT2D eigenvalue weighted by Gasteiger charge is -2.09. The van der Waals surface area contributed by atoms with Gasteiger partial charge < -0.3 is 10.1 Å². The number of aromatic nitrogens is 2. The highest BCUT2D eigenvalue weighted by Gasteiger charge is 2.15. The standard InChI is InChI=1S/C14H14ClFN2O2/c1-7(2)11-13(19)17-10(18-14(11)20)6-8-4-3-5-9(15)12(8)16/h3-5,7H,6H2,1-2H3,(H2,17,18,19,20). The van der Waals surface area contributed by atoms with Crippen LogP contribution < -0.4 is 5.56 Å². The SMILES string of the molecule is CC(C)c1c(O)nc(Cc2cccc(Cl)c2F)[nH]c1=O. The molecular formula is C14H14ClFN2O2. The number of nitrogens with one attached hydrogen (secondary N) is 1. The van der Waals surface area contributed by atoms with E-state index in [1.807, 2.05) is 0 Å². The molecule has 0 aliphatic rings. The third kappa shape index (κ3) is 2.82. The molecule has 2 N–H and O–H groups in total. The van der Waals surface area contributed by atoms with Gasteiger partial charge in [0.15, 0.2) is 0 Å².